The van der Waals surface area contributed by atoms with Crippen LogP contribution in [0.3, 0.4) is 0 Å². The van der Waals surface area contributed by atoms with E-state index in [9.17, 15) is 4.79 Å². The fraction of sp³-hybridized carbons (Fsp3) is 0.0333. The topological polar surface area (TPSA) is 118 Å². The van der Waals surface area contributed by atoms with Crippen LogP contribution in [0.2, 0.25) is 4.34 Å². The largest absolute Gasteiger partial charge is 0.389 e. The second-order valence-corrected chi connectivity index (χ2v) is 10.4. The molecule has 0 amide bonds. The lowest BCUT2D eigenvalue weighted by atomic mass is 9.80. The Morgan fingerprint density at radius 2 is 1.37 bits per heavy atom. The zero-order valence-corrected chi connectivity index (χ0v) is 22.9. The number of halogens is 1. The average molecular weight is 581 g/mol. The van der Waals surface area contributed by atoms with E-state index in [1.165, 1.54) is 0 Å². The van der Waals surface area contributed by atoms with Crippen molar-refractivity contribution in [1.29, 1.82) is 0 Å². The van der Waals surface area contributed by atoms with E-state index in [0.29, 0.717) is 11.0 Å². The molecule has 0 aliphatic carbocycles. The minimum atomic E-state index is -1.26. The highest BCUT2D eigenvalue weighted by Crippen LogP contribution is 2.41. The highest BCUT2D eigenvalue weighted by Gasteiger charge is 2.40. The molecule has 0 fully saturated rings. The second-order valence-electron chi connectivity index (χ2n) is 8.81. The van der Waals surface area contributed by atoms with Crippen LogP contribution >= 0.6 is 22.9 Å². The van der Waals surface area contributed by atoms with Crippen molar-refractivity contribution in [1.82, 2.24) is 20.1 Å². The molecule has 2 N–H and O–H groups in total. The van der Waals surface area contributed by atoms with Crippen molar-refractivity contribution in [3.8, 4) is 0 Å². The second kappa shape index (κ2) is 11.2. The zero-order chi connectivity index (χ0) is 28.2. The van der Waals surface area contributed by atoms with Crippen LogP contribution in [0.25, 0.3) is 11.0 Å². The summed E-state index contributed by atoms with van der Waals surface area (Å²) in [5, 5.41) is 12.5. The Morgan fingerprint density at radius 1 is 0.829 bits per heavy atom. The number of carbonyl (C=O) groups is 1. The third kappa shape index (κ3) is 5.02. The molecule has 41 heavy (non-hydrogen) atoms. The van der Waals surface area contributed by atoms with E-state index < -0.39 is 11.6 Å². The first-order valence-electron chi connectivity index (χ1n) is 12.4. The van der Waals surface area contributed by atoms with Gasteiger partial charge in [0.1, 0.15) is 21.1 Å². The van der Waals surface area contributed by atoms with E-state index in [1.807, 2.05) is 91.0 Å². The molecule has 0 radical (unpaired) electrons. The Bertz CT molecular complexity index is 1750. The SMILES string of the molecule is Nc1nc(C(=NOC(c2ccccc2)(c2ccccc2)c2ccccc2)C(=O)On2nnc3ccccc32)c(Cl)s1. The third-order valence-electron chi connectivity index (χ3n) is 6.33. The molecule has 6 aromatic rings. The number of thiazole rings is 1. The molecule has 4 aromatic carbocycles. The summed E-state index contributed by atoms with van der Waals surface area (Å²) in [6.07, 6.45) is 0. The summed E-state index contributed by atoms with van der Waals surface area (Å²) >= 11 is 7.46. The van der Waals surface area contributed by atoms with Crippen LogP contribution in [-0.4, -0.2) is 31.8 Å². The van der Waals surface area contributed by atoms with E-state index >= 15 is 0 Å². The summed E-state index contributed by atoms with van der Waals surface area (Å²) in [5.74, 6) is -0.920. The van der Waals surface area contributed by atoms with Crippen molar-refractivity contribution in [2.24, 2.45) is 5.16 Å². The van der Waals surface area contributed by atoms with Gasteiger partial charge in [0.25, 0.3) is 0 Å². The molecule has 2 aromatic heterocycles. The quantitative estimate of drug-likeness (QED) is 0.109. The van der Waals surface area contributed by atoms with Crippen LogP contribution in [0.4, 0.5) is 5.13 Å². The van der Waals surface area contributed by atoms with Crippen LogP contribution in [0.15, 0.2) is 120 Å². The highest BCUT2D eigenvalue weighted by molar-refractivity contribution is 7.19. The van der Waals surface area contributed by atoms with Gasteiger partial charge in [-0.15, -0.1) is 5.10 Å². The Balaban J connectivity index is 1.51. The van der Waals surface area contributed by atoms with Gasteiger partial charge in [0.2, 0.25) is 11.3 Å². The number of nitrogens with zero attached hydrogens (tertiary/aromatic N) is 5. The van der Waals surface area contributed by atoms with Gasteiger partial charge in [0, 0.05) is 16.7 Å². The van der Waals surface area contributed by atoms with E-state index in [2.05, 4.69) is 20.5 Å². The molecule has 0 unspecified atom stereocenters. The summed E-state index contributed by atoms with van der Waals surface area (Å²) in [4.78, 5) is 31.0. The number of oxime groups is 1. The molecule has 0 atom stereocenters. The number of para-hydroxylation sites is 1. The van der Waals surface area contributed by atoms with Crippen molar-refractivity contribution in [3.63, 3.8) is 0 Å². The zero-order valence-electron chi connectivity index (χ0n) is 21.3. The van der Waals surface area contributed by atoms with Gasteiger partial charge in [-0.05, 0) is 17.3 Å². The number of fused-ring (bicyclic) bond motifs is 1. The predicted octanol–water partition coefficient (Wildman–Crippen LogP) is 5.49. The van der Waals surface area contributed by atoms with Crippen LogP contribution in [0, 0.1) is 0 Å². The standard InChI is InChI=1S/C30H21ClN6O3S/c31-27-25(33-29(32)41-27)26(28(38)39-37-24-19-11-10-18-23(24)34-36-37)35-40-30(20-12-4-1-5-13-20,21-14-6-2-7-15-21)22-16-8-3-9-17-22/h1-19H,(H2,32,33). The summed E-state index contributed by atoms with van der Waals surface area (Å²) in [6, 6.07) is 35.8. The molecule has 6 rings (SSSR count). The van der Waals surface area contributed by atoms with Crippen LogP contribution < -0.4 is 10.6 Å². The molecule has 0 aliphatic rings. The first-order chi connectivity index (χ1) is 20.1. The van der Waals surface area contributed by atoms with Crippen molar-refractivity contribution in [2.75, 3.05) is 5.73 Å². The number of benzene rings is 4. The molecular weight excluding hydrogens is 560 g/mol. The number of nitrogens with two attached hydrogens (primary N) is 1. The normalized spacial score (nSPS) is 11.9. The summed E-state index contributed by atoms with van der Waals surface area (Å²) in [7, 11) is 0. The van der Waals surface area contributed by atoms with Gasteiger partial charge < -0.3 is 15.4 Å². The maximum Gasteiger partial charge on any atom is 0.389 e. The first-order valence-corrected chi connectivity index (χ1v) is 13.6. The van der Waals surface area contributed by atoms with Crippen molar-refractivity contribution >= 4 is 50.8 Å². The average Bonchev–Trinajstić information content (AvgIpc) is 3.58. The van der Waals surface area contributed by atoms with Gasteiger partial charge in [-0.3, -0.25) is 0 Å². The molecule has 202 valence electrons. The number of anilines is 1. The Hall–Kier alpha value is -5.06. The van der Waals surface area contributed by atoms with Crippen LogP contribution in [0.1, 0.15) is 22.4 Å². The van der Waals surface area contributed by atoms with Gasteiger partial charge in [0.15, 0.2) is 5.13 Å². The molecule has 11 heteroatoms. The first kappa shape index (κ1) is 26.2. The maximum atomic E-state index is 13.7. The number of hydrogen-bond acceptors (Lipinski definition) is 9. The summed E-state index contributed by atoms with van der Waals surface area (Å²) in [6.45, 7) is 0. The number of hydrogen-bond donors (Lipinski definition) is 1. The van der Waals surface area contributed by atoms with Crippen molar-refractivity contribution < 1.29 is 14.5 Å². The minimum Gasteiger partial charge on any atom is -0.375 e. The number of carbonyl (C=O) groups excluding carboxylic acids is 1. The smallest absolute Gasteiger partial charge is 0.375 e. The van der Waals surface area contributed by atoms with Gasteiger partial charge in [0.05, 0.1) is 0 Å². The number of rotatable bonds is 8. The van der Waals surface area contributed by atoms with Crippen LogP contribution in [-0.2, 0) is 15.2 Å². The van der Waals surface area contributed by atoms with E-state index in [0.717, 1.165) is 32.9 Å². The van der Waals surface area contributed by atoms with Crippen molar-refractivity contribution in [2.45, 2.75) is 5.60 Å². The Labute approximate surface area is 243 Å². The van der Waals surface area contributed by atoms with Gasteiger partial charge in [-0.1, -0.05) is 136 Å². The lowest BCUT2D eigenvalue weighted by Crippen LogP contribution is -2.34. The summed E-state index contributed by atoms with van der Waals surface area (Å²) in [5.41, 5.74) is 7.75. The molecule has 0 bridgehead atoms. The molecule has 2 heterocycles. The van der Waals surface area contributed by atoms with E-state index in [4.69, 9.17) is 27.0 Å². The lowest BCUT2D eigenvalue weighted by molar-refractivity contribution is -0.137. The van der Waals surface area contributed by atoms with Gasteiger partial charge in [-0.25, -0.2) is 9.78 Å². The predicted molar refractivity (Wildman–Crippen MR) is 157 cm³/mol. The summed E-state index contributed by atoms with van der Waals surface area (Å²) < 4.78 is 0.148. The molecule has 9 nitrogen and oxygen atoms in total. The fourth-order valence-electron chi connectivity index (χ4n) is 4.47. The van der Waals surface area contributed by atoms with Crippen LogP contribution in [0.5, 0.6) is 0 Å². The molecule has 0 saturated carbocycles. The van der Waals surface area contributed by atoms with Gasteiger partial charge >= 0.3 is 5.97 Å². The Morgan fingerprint density at radius 3 is 1.90 bits per heavy atom. The monoisotopic (exact) mass is 580 g/mol. The molecular formula is C30H21ClN6O3S. The van der Waals surface area contributed by atoms with Gasteiger partial charge in [-0.2, -0.15) is 0 Å². The molecule has 0 spiro atoms. The number of nitrogen functional groups attached to an aromatic ring is 1. The Kier molecular flexibility index (Phi) is 7.15. The fourth-order valence-corrected chi connectivity index (χ4v) is 5.40. The van der Waals surface area contributed by atoms with E-state index in [-0.39, 0.29) is 20.9 Å². The van der Waals surface area contributed by atoms with E-state index in [1.54, 1.807) is 24.3 Å². The maximum absolute atomic E-state index is 13.7. The molecule has 0 saturated heterocycles. The molecule has 0 aliphatic heterocycles. The number of aromatic nitrogens is 4. The minimum absolute atomic E-state index is 0.0201. The lowest BCUT2D eigenvalue weighted by Gasteiger charge is -2.33. The van der Waals surface area contributed by atoms with Crippen molar-refractivity contribution in [3.05, 3.63) is 142 Å². The highest BCUT2D eigenvalue weighted by atomic mass is 35.5. The third-order valence-corrected chi connectivity index (χ3v) is 7.41.